The molecule has 0 saturated carbocycles. The molecule has 134 valence electrons. The predicted octanol–water partition coefficient (Wildman–Crippen LogP) is 3.99. The molecular formula is C22H30N2O. The van der Waals surface area contributed by atoms with Gasteiger partial charge in [0.2, 0.25) is 0 Å². The lowest BCUT2D eigenvalue weighted by Gasteiger charge is -2.34. The molecular weight excluding hydrogens is 308 g/mol. The summed E-state index contributed by atoms with van der Waals surface area (Å²) in [5.74, 6) is 0. The highest BCUT2D eigenvalue weighted by atomic mass is 16.2. The Bertz CT molecular complexity index is 628. The van der Waals surface area contributed by atoms with Gasteiger partial charge in [0.05, 0.1) is 0 Å². The first kappa shape index (κ1) is 18.0. The molecule has 0 amide bonds. The number of hydrogen-bond acceptors (Lipinski definition) is 3. The molecule has 2 N–H and O–H groups in total. The van der Waals surface area contributed by atoms with E-state index in [4.69, 9.17) is 5.11 Å². The fourth-order valence-electron chi connectivity index (χ4n) is 3.50. The molecule has 1 aliphatic rings. The van der Waals surface area contributed by atoms with E-state index in [0.717, 1.165) is 32.5 Å². The summed E-state index contributed by atoms with van der Waals surface area (Å²) in [6.45, 7) is 5.68. The summed E-state index contributed by atoms with van der Waals surface area (Å²) in [5, 5.41) is 12.5. The van der Waals surface area contributed by atoms with Crippen LogP contribution in [-0.4, -0.2) is 37.4 Å². The maximum atomic E-state index is 8.83. The van der Waals surface area contributed by atoms with Crippen LogP contribution in [0.4, 0.5) is 5.69 Å². The van der Waals surface area contributed by atoms with Crippen LogP contribution in [0.3, 0.4) is 0 Å². The van der Waals surface area contributed by atoms with E-state index in [9.17, 15) is 0 Å². The van der Waals surface area contributed by atoms with E-state index in [1.165, 1.54) is 35.2 Å². The van der Waals surface area contributed by atoms with Gasteiger partial charge in [-0.1, -0.05) is 42.0 Å². The molecule has 0 radical (unpaired) electrons. The molecule has 0 atom stereocenters. The summed E-state index contributed by atoms with van der Waals surface area (Å²) in [5.41, 5.74) is 5.19. The van der Waals surface area contributed by atoms with Crippen molar-refractivity contribution in [2.45, 2.75) is 38.6 Å². The van der Waals surface area contributed by atoms with E-state index in [-0.39, 0.29) is 0 Å². The van der Waals surface area contributed by atoms with Gasteiger partial charge in [0, 0.05) is 31.4 Å². The number of aliphatic hydroxyl groups is 1. The molecule has 25 heavy (non-hydrogen) atoms. The van der Waals surface area contributed by atoms with Crippen LogP contribution in [-0.2, 0) is 0 Å². The number of benzene rings is 2. The number of piperidine rings is 1. The standard InChI is InChI=1S/C22H30N2O/c1-18-4-6-19(7-5-18)20-8-10-22(11-9-20)24-15-12-21(13-16-24)23-14-2-3-17-25/h4-11,21,23,25H,2-3,12-17H2,1H3. The van der Waals surface area contributed by atoms with E-state index >= 15 is 0 Å². The third-order valence-corrected chi connectivity index (χ3v) is 5.13. The second-order valence-corrected chi connectivity index (χ2v) is 7.06. The minimum atomic E-state index is 0.304. The molecule has 3 heteroatoms. The highest BCUT2D eigenvalue weighted by Crippen LogP contribution is 2.25. The van der Waals surface area contributed by atoms with Gasteiger partial charge in [-0.3, -0.25) is 0 Å². The first-order chi connectivity index (χ1) is 12.3. The lowest BCUT2D eigenvalue weighted by Crippen LogP contribution is -2.42. The van der Waals surface area contributed by atoms with Crippen LogP contribution >= 0.6 is 0 Å². The van der Waals surface area contributed by atoms with Crippen molar-refractivity contribution in [3.63, 3.8) is 0 Å². The summed E-state index contributed by atoms with van der Waals surface area (Å²) in [6, 6.07) is 18.3. The van der Waals surface area contributed by atoms with Crippen molar-refractivity contribution in [3.05, 3.63) is 54.1 Å². The van der Waals surface area contributed by atoms with Crippen molar-refractivity contribution in [1.29, 1.82) is 0 Å². The minimum Gasteiger partial charge on any atom is -0.396 e. The average Bonchev–Trinajstić information content (AvgIpc) is 2.67. The zero-order chi connectivity index (χ0) is 17.5. The summed E-state index contributed by atoms with van der Waals surface area (Å²) in [7, 11) is 0. The molecule has 1 saturated heterocycles. The maximum absolute atomic E-state index is 8.83. The molecule has 0 spiro atoms. The van der Waals surface area contributed by atoms with Crippen molar-refractivity contribution < 1.29 is 5.11 Å². The third kappa shape index (κ3) is 5.07. The number of nitrogens with one attached hydrogen (secondary N) is 1. The Labute approximate surface area is 151 Å². The smallest absolute Gasteiger partial charge is 0.0431 e. The van der Waals surface area contributed by atoms with Gasteiger partial charge in [-0.25, -0.2) is 0 Å². The second kappa shape index (κ2) is 9.02. The summed E-state index contributed by atoms with van der Waals surface area (Å²) < 4.78 is 0. The van der Waals surface area contributed by atoms with Crippen molar-refractivity contribution >= 4 is 5.69 Å². The number of hydrogen-bond donors (Lipinski definition) is 2. The average molecular weight is 338 g/mol. The van der Waals surface area contributed by atoms with Gasteiger partial charge in [-0.05, 0) is 62.4 Å². The van der Waals surface area contributed by atoms with Crippen molar-refractivity contribution in [2.24, 2.45) is 0 Å². The number of unbranched alkanes of at least 4 members (excludes halogenated alkanes) is 1. The van der Waals surface area contributed by atoms with Gasteiger partial charge in [-0.2, -0.15) is 0 Å². The van der Waals surface area contributed by atoms with E-state index in [2.05, 4.69) is 65.7 Å². The Morgan fingerprint density at radius 3 is 2.12 bits per heavy atom. The maximum Gasteiger partial charge on any atom is 0.0431 e. The normalized spacial score (nSPS) is 15.5. The topological polar surface area (TPSA) is 35.5 Å². The molecule has 2 aromatic rings. The lowest BCUT2D eigenvalue weighted by molar-refractivity contribution is 0.281. The Morgan fingerprint density at radius 1 is 0.920 bits per heavy atom. The second-order valence-electron chi connectivity index (χ2n) is 7.06. The summed E-state index contributed by atoms with van der Waals surface area (Å²) >= 11 is 0. The fraction of sp³-hybridized carbons (Fsp3) is 0.455. The van der Waals surface area contributed by atoms with Crippen LogP contribution in [0.25, 0.3) is 11.1 Å². The largest absolute Gasteiger partial charge is 0.396 e. The number of aliphatic hydroxyl groups excluding tert-OH is 1. The van der Waals surface area contributed by atoms with Crippen LogP contribution < -0.4 is 10.2 Å². The Morgan fingerprint density at radius 2 is 1.52 bits per heavy atom. The fourth-order valence-corrected chi connectivity index (χ4v) is 3.50. The lowest BCUT2D eigenvalue weighted by atomic mass is 10.0. The number of nitrogens with zero attached hydrogens (tertiary/aromatic N) is 1. The Balaban J connectivity index is 1.51. The highest BCUT2D eigenvalue weighted by molar-refractivity contribution is 5.66. The minimum absolute atomic E-state index is 0.304. The van der Waals surface area contributed by atoms with Crippen molar-refractivity contribution in [2.75, 3.05) is 31.1 Å². The van der Waals surface area contributed by atoms with Gasteiger partial charge in [0.25, 0.3) is 0 Å². The molecule has 0 aliphatic carbocycles. The number of aryl methyl sites for hydroxylation is 1. The monoisotopic (exact) mass is 338 g/mol. The van der Waals surface area contributed by atoms with E-state index in [1.54, 1.807) is 0 Å². The van der Waals surface area contributed by atoms with Gasteiger partial charge < -0.3 is 15.3 Å². The van der Waals surface area contributed by atoms with Crippen molar-refractivity contribution in [1.82, 2.24) is 5.32 Å². The summed E-state index contributed by atoms with van der Waals surface area (Å²) in [4.78, 5) is 2.49. The highest BCUT2D eigenvalue weighted by Gasteiger charge is 2.18. The molecule has 1 heterocycles. The molecule has 1 fully saturated rings. The molecule has 0 aromatic heterocycles. The molecule has 3 rings (SSSR count). The third-order valence-electron chi connectivity index (χ3n) is 5.13. The Hall–Kier alpha value is -1.84. The van der Waals surface area contributed by atoms with Gasteiger partial charge in [0.15, 0.2) is 0 Å². The van der Waals surface area contributed by atoms with Crippen molar-refractivity contribution in [3.8, 4) is 11.1 Å². The van der Waals surface area contributed by atoms with E-state index < -0.39 is 0 Å². The zero-order valence-corrected chi connectivity index (χ0v) is 15.2. The van der Waals surface area contributed by atoms with Gasteiger partial charge in [0.1, 0.15) is 0 Å². The molecule has 0 unspecified atom stereocenters. The van der Waals surface area contributed by atoms with Crippen LogP contribution in [0.1, 0.15) is 31.2 Å². The summed E-state index contributed by atoms with van der Waals surface area (Å²) in [6.07, 6.45) is 4.36. The van der Waals surface area contributed by atoms with Crippen LogP contribution in [0.2, 0.25) is 0 Å². The van der Waals surface area contributed by atoms with Crippen LogP contribution in [0.15, 0.2) is 48.5 Å². The SMILES string of the molecule is Cc1ccc(-c2ccc(N3CCC(NCCCCO)CC3)cc2)cc1. The zero-order valence-electron chi connectivity index (χ0n) is 15.2. The van der Waals surface area contributed by atoms with E-state index in [0.29, 0.717) is 12.6 Å². The van der Waals surface area contributed by atoms with Gasteiger partial charge in [-0.15, -0.1) is 0 Å². The van der Waals surface area contributed by atoms with Crippen LogP contribution in [0, 0.1) is 6.92 Å². The Kier molecular flexibility index (Phi) is 6.48. The van der Waals surface area contributed by atoms with E-state index in [1.807, 2.05) is 0 Å². The first-order valence-electron chi connectivity index (χ1n) is 9.52. The molecule has 2 aromatic carbocycles. The first-order valence-corrected chi connectivity index (χ1v) is 9.52. The molecule has 1 aliphatic heterocycles. The predicted molar refractivity (Wildman–Crippen MR) is 106 cm³/mol. The van der Waals surface area contributed by atoms with Crippen LogP contribution in [0.5, 0.6) is 0 Å². The quantitative estimate of drug-likeness (QED) is 0.749. The molecule has 3 nitrogen and oxygen atoms in total. The number of rotatable bonds is 7. The van der Waals surface area contributed by atoms with Gasteiger partial charge >= 0.3 is 0 Å². The molecule has 0 bridgehead atoms. The number of anilines is 1.